The molecule has 2 atom stereocenters. The van der Waals surface area contributed by atoms with Gasteiger partial charge in [-0.2, -0.15) is 0 Å². The number of hydrogen-bond donors (Lipinski definition) is 0. The lowest BCUT2D eigenvalue weighted by atomic mass is 10.1. The van der Waals surface area contributed by atoms with E-state index in [1.54, 1.807) is 0 Å². The predicted octanol–water partition coefficient (Wildman–Crippen LogP) is 1.95. The third-order valence-corrected chi connectivity index (χ3v) is 4.82. The maximum atomic E-state index is 12.6. The molecule has 6 heteroatoms. The molecule has 0 unspecified atom stereocenters. The van der Waals surface area contributed by atoms with Crippen LogP contribution in [0.5, 0.6) is 0 Å². The zero-order valence-electron chi connectivity index (χ0n) is 13.9. The molecular weight excluding hydrogens is 304 g/mol. The molecule has 1 amide bonds. The number of nitrogens with zero attached hydrogens (tertiary/aromatic N) is 4. The zero-order valence-corrected chi connectivity index (χ0v) is 13.9. The number of ether oxygens (including phenoxy) is 1. The normalized spacial score (nSPS) is 23.3. The number of fused-ring (bicyclic) bond motifs is 1. The van der Waals surface area contributed by atoms with Gasteiger partial charge in [0.05, 0.1) is 12.6 Å². The van der Waals surface area contributed by atoms with E-state index in [2.05, 4.69) is 33.8 Å². The summed E-state index contributed by atoms with van der Waals surface area (Å²) in [6, 6.07) is 10.5. The summed E-state index contributed by atoms with van der Waals surface area (Å²) in [6.45, 7) is 4.02. The molecule has 126 valence electrons. The topological polar surface area (TPSA) is 60.3 Å². The molecule has 0 aliphatic carbocycles. The minimum absolute atomic E-state index is 0.0956. The fraction of sp³-hybridized carbons (Fsp3) is 0.500. The zero-order chi connectivity index (χ0) is 16.5. The maximum absolute atomic E-state index is 12.6. The Morgan fingerprint density at radius 2 is 2.12 bits per heavy atom. The van der Waals surface area contributed by atoms with Crippen LogP contribution in [-0.2, 0) is 22.5 Å². The van der Waals surface area contributed by atoms with Gasteiger partial charge < -0.3 is 14.2 Å². The second-order valence-electron chi connectivity index (χ2n) is 6.63. The van der Waals surface area contributed by atoms with Crippen LogP contribution in [-0.4, -0.2) is 44.8 Å². The van der Waals surface area contributed by atoms with Crippen molar-refractivity contribution in [2.24, 2.45) is 0 Å². The largest absolute Gasteiger partial charge is 0.368 e. The van der Waals surface area contributed by atoms with Gasteiger partial charge in [0.1, 0.15) is 11.9 Å². The van der Waals surface area contributed by atoms with Crippen LogP contribution in [0.3, 0.4) is 0 Å². The third-order valence-electron chi connectivity index (χ3n) is 4.82. The van der Waals surface area contributed by atoms with Crippen LogP contribution in [0.1, 0.15) is 43.0 Å². The lowest BCUT2D eigenvalue weighted by molar-refractivity contribution is -0.143. The molecule has 0 bridgehead atoms. The molecule has 0 radical (unpaired) electrons. The van der Waals surface area contributed by atoms with Crippen LogP contribution in [0, 0.1) is 0 Å². The number of carbonyl (C=O) groups excluding carboxylic acids is 1. The van der Waals surface area contributed by atoms with E-state index in [1.165, 1.54) is 5.56 Å². The minimum atomic E-state index is -0.268. The van der Waals surface area contributed by atoms with Gasteiger partial charge in [-0.3, -0.25) is 4.79 Å². The van der Waals surface area contributed by atoms with Crippen LogP contribution >= 0.6 is 0 Å². The summed E-state index contributed by atoms with van der Waals surface area (Å²) in [4.78, 5) is 14.5. The molecule has 1 fully saturated rings. The highest BCUT2D eigenvalue weighted by Gasteiger charge is 2.34. The molecule has 2 aliphatic heterocycles. The van der Waals surface area contributed by atoms with Gasteiger partial charge in [0.2, 0.25) is 0 Å². The van der Waals surface area contributed by atoms with Crippen molar-refractivity contribution in [1.29, 1.82) is 0 Å². The van der Waals surface area contributed by atoms with E-state index in [0.717, 1.165) is 30.9 Å². The summed E-state index contributed by atoms with van der Waals surface area (Å²) in [5.74, 6) is 1.93. The standard InChI is InChI=1S/C18H22N4O2/c1-13-11-21(18(23)15-8-5-9-24-15)12-17-20-19-16(22(13)17)10-14-6-3-2-4-7-14/h2-4,6-7,13,15H,5,8-12H2,1H3/t13-,15+/m0/s1. The molecule has 0 spiro atoms. The quantitative estimate of drug-likeness (QED) is 0.865. The van der Waals surface area contributed by atoms with Crippen molar-refractivity contribution in [3.05, 3.63) is 47.5 Å². The van der Waals surface area contributed by atoms with Crippen LogP contribution in [0.15, 0.2) is 30.3 Å². The van der Waals surface area contributed by atoms with E-state index in [4.69, 9.17) is 4.74 Å². The first-order chi connectivity index (χ1) is 11.7. The number of aromatic nitrogens is 3. The first-order valence-corrected chi connectivity index (χ1v) is 8.59. The van der Waals surface area contributed by atoms with Gasteiger partial charge >= 0.3 is 0 Å². The van der Waals surface area contributed by atoms with Gasteiger partial charge in [0.25, 0.3) is 5.91 Å². The molecule has 1 aromatic heterocycles. The second-order valence-corrected chi connectivity index (χ2v) is 6.63. The third kappa shape index (κ3) is 2.82. The maximum Gasteiger partial charge on any atom is 0.252 e. The average molecular weight is 326 g/mol. The Hall–Kier alpha value is -2.21. The molecule has 2 aliphatic rings. The molecule has 6 nitrogen and oxygen atoms in total. The Kier molecular flexibility index (Phi) is 4.06. The van der Waals surface area contributed by atoms with Crippen LogP contribution in [0.2, 0.25) is 0 Å². The molecule has 0 N–H and O–H groups in total. The first kappa shape index (κ1) is 15.3. The lowest BCUT2D eigenvalue weighted by Crippen LogP contribution is -2.45. The van der Waals surface area contributed by atoms with Gasteiger partial charge in [0.15, 0.2) is 5.82 Å². The summed E-state index contributed by atoms with van der Waals surface area (Å²) >= 11 is 0. The Bertz CT molecular complexity index is 722. The van der Waals surface area contributed by atoms with Gasteiger partial charge in [-0.15, -0.1) is 10.2 Å². The van der Waals surface area contributed by atoms with E-state index < -0.39 is 0 Å². The molecule has 0 saturated carbocycles. The number of amides is 1. The number of benzene rings is 1. The van der Waals surface area contributed by atoms with Gasteiger partial charge in [-0.1, -0.05) is 30.3 Å². The number of carbonyl (C=O) groups is 1. The Labute approximate surface area is 141 Å². The van der Waals surface area contributed by atoms with E-state index in [0.29, 0.717) is 19.7 Å². The fourth-order valence-electron chi connectivity index (χ4n) is 3.66. The van der Waals surface area contributed by atoms with Crippen molar-refractivity contribution in [1.82, 2.24) is 19.7 Å². The van der Waals surface area contributed by atoms with Gasteiger partial charge in [-0.05, 0) is 25.3 Å². The molecule has 4 rings (SSSR count). The van der Waals surface area contributed by atoms with E-state index in [9.17, 15) is 4.79 Å². The average Bonchev–Trinajstić information content (AvgIpc) is 3.25. The molecular formula is C18H22N4O2. The molecule has 24 heavy (non-hydrogen) atoms. The van der Waals surface area contributed by atoms with Crippen LogP contribution in [0.4, 0.5) is 0 Å². The Morgan fingerprint density at radius 3 is 2.88 bits per heavy atom. The van der Waals surface area contributed by atoms with E-state index in [-0.39, 0.29) is 18.1 Å². The van der Waals surface area contributed by atoms with Crippen molar-refractivity contribution in [3.8, 4) is 0 Å². The smallest absolute Gasteiger partial charge is 0.252 e. The minimum Gasteiger partial charge on any atom is -0.368 e. The summed E-state index contributed by atoms with van der Waals surface area (Å²) < 4.78 is 7.73. The fourth-order valence-corrected chi connectivity index (χ4v) is 3.66. The molecule has 3 heterocycles. The van der Waals surface area contributed by atoms with Crippen molar-refractivity contribution in [2.45, 2.75) is 44.9 Å². The van der Waals surface area contributed by atoms with E-state index in [1.807, 2.05) is 23.1 Å². The highest BCUT2D eigenvalue weighted by Crippen LogP contribution is 2.25. The predicted molar refractivity (Wildman–Crippen MR) is 88.4 cm³/mol. The highest BCUT2D eigenvalue weighted by molar-refractivity contribution is 5.81. The van der Waals surface area contributed by atoms with Crippen molar-refractivity contribution < 1.29 is 9.53 Å². The molecule has 1 aromatic carbocycles. The van der Waals surface area contributed by atoms with Crippen LogP contribution in [0.25, 0.3) is 0 Å². The van der Waals surface area contributed by atoms with E-state index >= 15 is 0 Å². The SMILES string of the molecule is C[C@H]1CN(C(=O)[C@H]2CCCO2)Cc2nnc(Cc3ccccc3)n21. The lowest BCUT2D eigenvalue weighted by Gasteiger charge is -2.33. The Balaban J connectivity index is 1.53. The van der Waals surface area contributed by atoms with Crippen molar-refractivity contribution in [2.75, 3.05) is 13.2 Å². The highest BCUT2D eigenvalue weighted by atomic mass is 16.5. The van der Waals surface area contributed by atoms with Crippen molar-refractivity contribution in [3.63, 3.8) is 0 Å². The summed E-state index contributed by atoms with van der Waals surface area (Å²) in [6.07, 6.45) is 2.29. The molecule has 1 saturated heterocycles. The number of rotatable bonds is 3. The summed E-state index contributed by atoms with van der Waals surface area (Å²) in [5, 5.41) is 8.72. The monoisotopic (exact) mass is 326 g/mol. The Morgan fingerprint density at radius 1 is 1.29 bits per heavy atom. The van der Waals surface area contributed by atoms with Crippen molar-refractivity contribution >= 4 is 5.91 Å². The summed E-state index contributed by atoms with van der Waals surface area (Å²) in [7, 11) is 0. The summed E-state index contributed by atoms with van der Waals surface area (Å²) in [5.41, 5.74) is 1.22. The number of hydrogen-bond acceptors (Lipinski definition) is 4. The molecule has 2 aromatic rings. The second kappa shape index (κ2) is 6.36. The van der Waals surface area contributed by atoms with Gasteiger partial charge in [0, 0.05) is 19.6 Å². The van der Waals surface area contributed by atoms with Crippen LogP contribution < -0.4 is 0 Å². The van der Waals surface area contributed by atoms with Gasteiger partial charge in [-0.25, -0.2) is 0 Å². The first-order valence-electron chi connectivity index (χ1n) is 8.59.